The molecular weight excluding hydrogens is 296 g/mol. The highest BCUT2D eigenvalue weighted by Crippen LogP contribution is 2.26. The van der Waals surface area contributed by atoms with Gasteiger partial charge in [0.1, 0.15) is 6.04 Å². The summed E-state index contributed by atoms with van der Waals surface area (Å²) in [5.74, 6) is -0.545. The molecule has 0 spiro atoms. The number of benzene rings is 1. The molecule has 0 aliphatic carbocycles. The molecule has 0 fully saturated rings. The van der Waals surface area contributed by atoms with Crippen LogP contribution in [0.5, 0.6) is 0 Å². The van der Waals surface area contributed by atoms with E-state index in [1.165, 1.54) is 14.2 Å². The molecule has 0 saturated heterocycles. The van der Waals surface area contributed by atoms with Gasteiger partial charge in [-0.05, 0) is 11.6 Å². The second kappa shape index (κ2) is 6.49. The minimum absolute atomic E-state index is 0.266. The van der Waals surface area contributed by atoms with Crippen LogP contribution >= 0.6 is 11.6 Å². The molecule has 0 aliphatic rings. The first-order chi connectivity index (χ1) is 10.1. The summed E-state index contributed by atoms with van der Waals surface area (Å²) in [6.45, 7) is 0. The molecule has 0 bridgehead atoms. The SMILES string of the molecule is COC(=O)N[C@@H](Cc1c[nH]c2c(Cl)cccc12)C(=O)OC. The topological polar surface area (TPSA) is 80.4 Å². The van der Waals surface area contributed by atoms with Gasteiger partial charge in [-0.15, -0.1) is 0 Å². The van der Waals surface area contributed by atoms with E-state index < -0.39 is 18.1 Å². The highest BCUT2D eigenvalue weighted by Gasteiger charge is 2.23. The molecule has 2 rings (SSSR count). The summed E-state index contributed by atoms with van der Waals surface area (Å²) in [6.07, 6.45) is 1.33. The summed E-state index contributed by atoms with van der Waals surface area (Å²) < 4.78 is 9.21. The van der Waals surface area contributed by atoms with Gasteiger partial charge in [-0.3, -0.25) is 0 Å². The van der Waals surface area contributed by atoms with Crippen LogP contribution in [0.15, 0.2) is 24.4 Å². The Bertz CT molecular complexity index is 668. The van der Waals surface area contributed by atoms with E-state index in [-0.39, 0.29) is 6.42 Å². The number of aromatic amines is 1. The van der Waals surface area contributed by atoms with Crippen LogP contribution in [0, 0.1) is 0 Å². The molecular formula is C14H15ClN2O4. The predicted octanol–water partition coefficient (Wildman–Crippen LogP) is 2.26. The molecule has 6 nitrogen and oxygen atoms in total. The zero-order valence-electron chi connectivity index (χ0n) is 11.6. The number of alkyl carbamates (subject to hydrolysis) is 1. The van der Waals surface area contributed by atoms with Crippen molar-refractivity contribution in [1.29, 1.82) is 0 Å². The Kier molecular flexibility index (Phi) is 4.70. The maximum absolute atomic E-state index is 11.8. The van der Waals surface area contributed by atoms with Crippen LogP contribution in [0.2, 0.25) is 5.02 Å². The Hall–Kier alpha value is -2.21. The van der Waals surface area contributed by atoms with Gasteiger partial charge in [0.15, 0.2) is 0 Å². The van der Waals surface area contributed by atoms with Crippen LogP contribution in [0.25, 0.3) is 10.9 Å². The highest BCUT2D eigenvalue weighted by atomic mass is 35.5. The van der Waals surface area contributed by atoms with E-state index in [0.717, 1.165) is 16.5 Å². The fraction of sp³-hybridized carbons (Fsp3) is 0.286. The number of amides is 1. The van der Waals surface area contributed by atoms with Crippen molar-refractivity contribution in [3.63, 3.8) is 0 Å². The largest absolute Gasteiger partial charge is 0.467 e. The summed E-state index contributed by atoms with van der Waals surface area (Å²) in [4.78, 5) is 26.1. The van der Waals surface area contributed by atoms with Crippen molar-refractivity contribution in [3.05, 3.63) is 35.0 Å². The maximum Gasteiger partial charge on any atom is 0.407 e. The van der Waals surface area contributed by atoms with Crippen molar-refractivity contribution in [2.24, 2.45) is 0 Å². The normalized spacial score (nSPS) is 12.0. The van der Waals surface area contributed by atoms with Crippen LogP contribution in [-0.4, -0.2) is 37.3 Å². The van der Waals surface area contributed by atoms with Gasteiger partial charge in [0.2, 0.25) is 0 Å². The standard InChI is InChI=1S/C14H15ClN2O4/c1-20-13(18)11(17-14(19)21-2)6-8-7-16-12-9(8)4-3-5-10(12)15/h3-5,7,11,16H,6H2,1-2H3,(H,17,19)/t11-/m0/s1. The van der Waals surface area contributed by atoms with Crippen molar-refractivity contribution in [3.8, 4) is 0 Å². The molecule has 112 valence electrons. The minimum Gasteiger partial charge on any atom is -0.467 e. The minimum atomic E-state index is -0.833. The number of fused-ring (bicyclic) bond motifs is 1. The number of rotatable bonds is 4. The highest BCUT2D eigenvalue weighted by molar-refractivity contribution is 6.35. The molecule has 0 saturated carbocycles. The number of carbonyl (C=O) groups excluding carboxylic acids is 2. The fourth-order valence-electron chi connectivity index (χ4n) is 2.10. The van der Waals surface area contributed by atoms with Crippen LogP contribution in [0.3, 0.4) is 0 Å². The van der Waals surface area contributed by atoms with Crippen molar-refractivity contribution in [1.82, 2.24) is 10.3 Å². The lowest BCUT2D eigenvalue weighted by molar-refractivity contribution is -0.142. The summed E-state index contributed by atoms with van der Waals surface area (Å²) in [7, 11) is 2.50. The van der Waals surface area contributed by atoms with Gasteiger partial charge in [-0.2, -0.15) is 0 Å². The van der Waals surface area contributed by atoms with E-state index in [9.17, 15) is 9.59 Å². The van der Waals surface area contributed by atoms with Crippen LogP contribution < -0.4 is 5.32 Å². The third-order valence-electron chi connectivity index (χ3n) is 3.14. The number of nitrogens with one attached hydrogen (secondary N) is 2. The van der Waals surface area contributed by atoms with Crippen molar-refractivity contribution < 1.29 is 19.1 Å². The van der Waals surface area contributed by atoms with Gasteiger partial charge in [-0.1, -0.05) is 23.7 Å². The van der Waals surface area contributed by atoms with Crippen LogP contribution in [0.1, 0.15) is 5.56 Å². The molecule has 1 aromatic carbocycles. The number of ether oxygens (including phenoxy) is 2. The first-order valence-electron chi connectivity index (χ1n) is 6.23. The van der Waals surface area contributed by atoms with Crippen molar-refractivity contribution >= 4 is 34.6 Å². The van der Waals surface area contributed by atoms with E-state index in [1.807, 2.05) is 12.1 Å². The smallest absolute Gasteiger partial charge is 0.407 e. The third kappa shape index (κ3) is 3.28. The molecule has 0 unspecified atom stereocenters. The second-order valence-electron chi connectivity index (χ2n) is 4.39. The third-order valence-corrected chi connectivity index (χ3v) is 3.45. The van der Waals surface area contributed by atoms with E-state index in [4.69, 9.17) is 16.3 Å². The van der Waals surface area contributed by atoms with Gasteiger partial charge in [-0.25, -0.2) is 9.59 Å². The summed E-state index contributed by atoms with van der Waals surface area (Å²) in [5, 5.41) is 3.94. The molecule has 2 N–H and O–H groups in total. The molecule has 1 atom stereocenters. The Morgan fingerprint density at radius 2 is 2.10 bits per heavy atom. The van der Waals surface area contributed by atoms with Gasteiger partial charge in [0, 0.05) is 18.0 Å². The van der Waals surface area contributed by atoms with Gasteiger partial charge < -0.3 is 19.8 Å². The van der Waals surface area contributed by atoms with Gasteiger partial charge >= 0.3 is 12.1 Å². The lowest BCUT2D eigenvalue weighted by Gasteiger charge is -2.15. The number of H-pyrrole nitrogens is 1. The van der Waals surface area contributed by atoms with Gasteiger partial charge in [0.25, 0.3) is 0 Å². The molecule has 7 heteroatoms. The Morgan fingerprint density at radius 1 is 1.33 bits per heavy atom. The zero-order chi connectivity index (χ0) is 15.4. The Balaban J connectivity index is 2.28. The van der Waals surface area contributed by atoms with E-state index in [2.05, 4.69) is 15.0 Å². The number of hydrogen-bond acceptors (Lipinski definition) is 4. The molecule has 1 amide bonds. The Morgan fingerprint density at radius 3 is 2.76 bits per heavy atom. The Labute approximate surface area is 126 Å². The first-order valence-corrected chi connectivity index (χ1v) is 6.61. The van der Waals surface area contributed by atoms with Gasteiger partial charge in [0.05, 0.1) is 24.8 Å². The van der Waals surface area contributed by atoms with E-state index in [1.54, 1.807) is 12.3 Å². The number of carbonyl (C=O) groups is 2. The molecule has 2 aromatic rings. The number of aromatic nitrogens is 1. The van der Waals surface area contributed by atoms with E-state index in [0.29, 0.717) is 5.02 Å². The molecule has 21 heavy (non-hydrogen) atoms. The summed E-state index contributed by atoms with van der Waals surface area (Å²) in [6, 6.07) is 4.65. The first kappa shape index (κ1) is 15.2. The quantitative estimate of drug-likeness (QED) is 0.849. The van der Waals surface area contributed by atoms with Crippen molar-refractivity contribution in [2.75, 3.05) is 14.2 Å². The van der Waals surface area contributed by atoms with Crippen LogP contribution in [0.4, 0.5) is 4.79 Å². The molecule has 1 heterocycles. The fourth-order valence-corrected chi connectivity index (χ4v) is 2.33. The lowest BCUT2D eigenvalue weighted by Crippen LogP contribution is -2.42. The summed E-state index contributed by atoms with van der Waals surface area (Å²) >= 11 is 6.09. The van der Waals surface area contributed by atoms with Crippen molar-refractivity contribution in [2.45, 2.75) is 12.5 Å². The monoisotopic (exact) mass is 310 g/mol. The number of methoxy groups -OCH3 is 2. The molecule has 1 aromatic heterocycles. The van der Waals surface area contributed by atoms with E-state index >= 15 is 0 Å². The number of hydrogen-bond donors (Lipinski definition) is 2. The molecule has 0 aliphatic heterocycles. The average Bonchev–Trinajstić information content (AvgIpc) is 2.90. The lowest BCUT2D eigenvalue weighted by atomic mass is 10.1. The van der Waals surface area contributed by atoms with Crippen LogP contribution in [-0.2, 0) is 20.7 Å². The predicted molar refractivity (Wildman–Crippen MR) is 78.4 cm³/mol. The summed E-state index contributed by atoms with van der Waals surface area (Å²) in [5.41, 5.74) is 1.63. The number of para-hydroxylation sites is 1. The number of esters is 1. The second-order valence-corrected chi connectivity index (χ2v) is 4.80. The average molecular weight is 311 g/mol. The zero-order valence-corrected chi connectivity index (χ0v) is 12.4. The maximum atomic E-state index is 11.8. The molecule has 0 radical (unpaired) electrons. The number of halogens is 1.